The van der Waals surface area contributed by atoms with Crippen LogP contribution in [0.15, 0.2) is 47.4 Å². The first-order valence-electron chi connectivity index (χ1n) is 10.7. The van der Waals surface area contributed by atoms with Crippen molar-refractivity contribution in [1.29, 1.82) is 0 Å². The van der Waals surface area contributed by atoms with Crippen LogP contribution < -0.4 is 15.4 Å². The third-order valence-corrected chi connectivity index (χ3v) is 8.16. The SMILES string of the molecule is Cc1ccc(-c2sc(NC(=O)C3CCCCN3)nc2C)cc1S(=O)(=O)Nc1ccc(O)cc1. The lowest BCUT2D eigenvalue weighted by molar-refractivity contribution is -0.118. The van der Waals surface area contributed by atoms with E-state index >= 15 is 0 Å². The molecule has 1 unspecified atom stereocenters. The number of thiazole rings is 1. The molecule has 0 radical (unpaired) electrons. The molecule has 1 atom stereocenters. The fraction of sp³-hybridized carbons (Fsp3) is 0.304. The van der Waals surface area contributed by atoms with Gasteiger partial charge in [-0.2, -0.15) is 0 Å². The zero-order valence-electron chi connectivity index (χ0n) is 18.4. The molecule has 4 rings (SSSR count). The number of rotatable bonds is 6. The molecule has 4 N–H and O–H groups in total. The number of phenolic OH excluding ortho intramolecular Hbond substituents is 1. The molecule has 3 aromatic rings. The highest BCUT2D eigenvalue weighted by Crippen LogP contribution is 2.35. The summed E-state index contributed by atoms with van der Waals surface area (Å²) in [5, 5.41) is 16.0. The van der Waals surface area contributed by atoms with Crippen molar-refractivity contribution in [2.24, 2.45) is 0 Å². The summed E-state index contributed by atoms with van der Waals surface area (Å²) in [6.07, 6.45) is 2.90. The summed E-state index contributed by atoms with van der Waals surface area (Å²) >= 11 is 1.32. The average molecular weight is 487 g/mol. The van der Waals surface area contributed by atoms with Crippen LogP contribution in [0.25, 0.3) is 10.4 Å². The normalized spacial score (nSPS) is 16.4. The van der Waals surface area contributed by atoms with Crippen LogP contribution >= 0.6 is 11.3 Å². The molecular weight excluding hydrogens is 460 g/mol. The van der Waals surface area contributed by atoms with Crippen LogP contribution in [0.5, 0.6) is 5.75 Å². The number of nitrogens with zero attached hydrogens (tertiary/aromatic N) is 1. The number of aromatic hydroxyl groups is 1. The molecule has 0 spiro atoms. The first-order valence-corrected chi connectivity index (χ1v) is 13.0. The van der Waals surface area contributed by atoms with Crippen molar-refractivity contribution in [2.45, 2.75) is 44.0 Å². The van der Waals surface area contributed by atoms with Gasteiger partial charge in [-0.3, -0.25) is 9.52 Å². The molecule has 0 bridgehead atoms. The molecule has 1 aliphatic rings. The van der Waals surface area contributed by atoms with E-state index in [-0.39, 0.29) is 22.6 Å². The summed E-state index contributed by atoms with van der Waals surface area (Å²) in [6, 6.07) is 10.8. The van der Waals surface area contributed by atoms with Crippen molar-refractivity contribution in [3.63, 3.8) is 0 Å². The van der Waals surface area contributed by atoms with Crippen molar-refractivity contribution in [3.05, 3.63) is 53.7 Å². The number of benzene rings is 2. The van der Waals surface area contributed by atoms with Gasteiger partial charge in [0.05, 0.1) is 21.5 Å². The van der Waals surface area contributed by atoms with Gasteiger partial charge in [0.2, 0.25) is 5.91 Å². The summed E-state index contributed by atoms with van der Waals surface area (Å²) in [6.45, 7) is 4.40. The number of sulfonamides is 1. The number of hydrogen-bond acceptors (Lipinski definition) is 7. The molecule has 1 amide bonds. The van der Waals surface area contributed by atoms with Gasteiger partial charge < -0.3 is 15.7 Å². The molecule has 33 heavy (non-hydrogen) atoms. The number of phenols is 1. The molecule has 0 aliphatic carbocycles. The second-order valence-corrected chi connectivity index (χ2v) is 10.7. The number of carbonyl (C=O) groups is 1. The van der Waals surface area contributed by atoms with Gasteiger partial charge in [-0.05, 0) is 74.7 Å². The van der Waals surface area contributed by atoms with E-state index in [1.165, 1.54) is 35.6 Å². The van der Waals surface area contributed by atoms with Crippen LogP contribution in [0.2, 0.25) is 0 Å². The molecule has 1 aliphatic heterocycles. The number of hydrogen-bond donors (Lipinski definition) is 4. The minimum absolute atomic E-state index is 0.0546. The van der Waals surface area contributed by atoms with E-state index in [1.807, 2.05) is 13.0 Å². The Labute approximate surface area is 197 Å². The lowest BCUT2D eigenvalue weighted by Gasteiger charge is -2.21. The molecule has 8 nitrogen and oxygen atoms in total. The number of anilines is 2. The van der Waals surface area contributed by atoms with Gasteiger partial charge in [-0.1, -0.05) is 29.9 Å². The van der Waals surface area contributed by atoms with Gasteiger partial charge in [-0.25, -0.2) is 13.4 Å². The molecule has 10 heteroatoms. The summed E-state index contributed by atoms with van der Waals surface area (Å²) in [4.78, 5) is 18.0. The van der Waals surface area contributed by atoms with Crippen molar-refractivity contribution >= 4 is 38.1 Å². The summed E-state index contributed by atoms with van der Waals surface area (Å²) < 4.78 is 28.7. The molecule has 1 fully saturated rings. The van der Waals surface area contributed by atoms with Gasteiger partial charge in [0, 0.05) is 5.69 Å². The van der Waals surface area contributed by atoms with E-state index < -0.39 is 10.0 Å². The van der Waals surface area contributed by atoms with Gasteiger partial charge in [0.15, 0.2) is 5.13 Å². The topological polar surface area (TPSA) is 120 Å². The lowest BCUT2D eigenvalue weighted by Crippen LogP contribution is -2.43. The Morgan fingerprint density at radius 2 is 1.91 bits per heavy atom. The van der Waals surface area contributed by atoms with Crippen LogP contribution in [-0.2, 0) is 14.8 Å². The fourth-order valence-electron chi connectivity index (χ4n) is 3.76. The molecular formula is C23H26N4O4S2. The Morgan fingerprint density at radius 1 is 1.15 bits per heavy atom. The van der Waals surface area contributed by atoms with Crippen LogP contribution in [-0.4, -0.2) is 37.0 Å². The van der Waals surface area contributed by atoms with Crippen molar-refractivity contribution in [3.8, 4) is 16.2 Å². The van der Waals surface area contributed by atoms with Gasteiger partial charge >= 0.3 is 0 Å². The molecule has 1 aromatic heterocycles. The van der Waals surface area contributed by atoms with E-state index in [9.17, 15) is 18.3 Å². The Bertz CT molecular complexity index is 1260. The van der Waals surface area contributed by atoms with E-state index in [2.05, 4.69) is 20.3 Å². The number of aryl methyl sites for hydroxylation is 2. The quantitative estimate of drug-likeness (QED) is 0.391. The molecule has 0 saturated carbocycles. The third-order valence-electron chi connectivity index (χ3n) is 5.51. The predicted octanol–water partition coefficient (Wildman–Crippen LogP) is 4.01. The minimum atomic E-state index is -3.85. The number of aromatic nitrogens is 1. The maximum atomic E-state index is 13.1. The molecule has 2 heterocycles. The zero-order valence-corrected chi connectivity index (χ0v) is 20.0. The van der Waals surface area contributed by atoms with Gasteiger partial charge in [-0.15, -0.1) is 0 Å². The maximum absolute atomic E-state index is 13.1. The number of nitrogens with one attached hydrogen (secondary N) is 3. The van der Waals surface area contributed by atoms with Gasteiger partial charge in [0.1, 0.15) is 5.75 Å². The summed E-state index contributed by atoms with van der Waals surface area (Å²) in [5.41, 5.74) is 2.38. The highest BCUT2D eigenvalue weighted by molar-refractivity contribution is 7.92. The van der Waals surface area contributed by atoms with Crippen LogP contribution in [0.4, 0.5) is 10.8 Å². The Hall–Kier alpha value is -2.95. The number of piperidine rings is 1. The second-order valence-electron chi connectivity index (χ2n) is 8.06. The van der Waals surface area contributed by atoms with Crippen molar-refractivity contribution in [2.75, 3.05) is 16.6 Å². The van der Waals surface area contributed by atoms with Crippen LogP contribution in [0.1, 0.15) is 30.5 Å². The van der Waals surface area contributed by atoms with Crippen molar-refractivity contribution in [1.82, 2.24) is 10.3 Å². The zero-order chi connectivity index (χ0) is 23.6. The Morgan fingerprint density at radius 3 is 2.61 bits per heavy atom. The Balaban J connectivity index is 1.58. The highest BCUT2D eigenvalue weighted by Gasteiger charge is 2.23. The predicted molar refractivity (Wildman–Crippen MR) is 130 cm³/mol. The summed E-state index contributed by atoms with van der Waals surface area (Å²) in [7, 11) is -3.85. The maximum Gasteiger partial charge on any atom is 0.262 e. The molecule has 2 aromatic carbocycles. The Kier molecular flexibility index (Phi) is 6.68. The van der Waals surface area contributed by atoms with E-state index in [0.717, 1.165) is 30.7 Å². The van der Waals surface area contributed by atoms with Crippen molar-refractivity contribution < 1.29 is 18.3 Å². The molecule has 174 valence electrons. The molecule has 1 saturated heterocycles. The standard InChI is InChI=1S/C23H26N4O4S2/c1-14-6-7-16(13-20(14)33(30,31)27-17-8-10-18(28)11-9-17)21-15(2)25-23(32-21)26-22(29)19-5-3-4-12-24-19/h6-11,13,19,24,27-28H,3-5,12H2,1-2H3,(H,25,26,29). The lowest BCUT2D eigenvalue weighted by atomic mass is 10.0. The summed E-state index contributed by atoms with van der Waals surface area (Å²) in [5.74, 6) is -0.0424. The van der Waals surface area contributed by atoms with Crippen LogP contribution in [0.3, 0.4) is 0 Å². The first-order chi connectivity index (χ1) is 15.7. The first kappa shape index (κ1) is 23.2. The monoisotopic (exact) mass is 486 g/mol. The third kappa shape index (κ3) is 5.35. The van der Waals surface area contributed by atoms with Gasteiger partial charge in [0.25, 0.3) is 10.0 Å². The van der Waals surface area contributed by atoms with Crippen LogP contribution in [0, 0.1) is 13.8 Å². The fourth-order valence-corrected chi connectivity index (χ4v) is 6.05. The minimum Gasteiger partial charge on any atom is -0.508 e. The van der Waals surface area contributed by atoms with E-state index in [0.29, 0.717) is 27.6 Å². The van der Waals surface area contributed by atoms with E-state index in [4.69, 9.17) is 0 Å². The largest absolute Gasteiger partial charge is 0.508 e. The average Bonchev–Trinajstić information content (AvgIpc) is 3.16. The number of carbonyl (C=O) groups excluding carboxylic acids is 1. The second kappa shape index (κ2) is 9.50. The smallest absolute Gasteiger partial charge is 0.262 e. The van der Waals surface area contributed by atoms with E-state index in [1.54, 1.807) is 19.1 Å². The highest BCUT2D eigenvalue weighted by atomic mass is 32.2. The number of amides is 1.